The molecule has 0 bridgehead atoms. The number of cyclic esters (lactones) is 1. The zero-order valence-electron chi connectivity index (χ0n) is 13.3. The Kier molecular flexibility index (Phi) is 4.23. The van der Waals surface area contributed by atoms with E-state index in [0.717, 1.165) is 18.4 Å². The van der Waals surface area contributed by atoms with Crippen molar-refractivity contribution in [2.45, 2.75) is 44.8 Å². The lowest BCUT2D eigenvalue weighted by Crippen LogP contribution is -2.41. The Morgan fingerprint density at radius 3 is 2.78 bits per heavy atom. The van der Waals surface area contributed by atoms with Gasteiger partial charge in [-0.3, -0.25) is 4.90 Å². The molecule has 1 aromatic rings. The summed E-state index contributed by atoms with van der Waals surface area (Å²) in [5.41, 5.74) is 0.675. The minimum Gasteiger partial charge on any atom is -0.451 e. The van der Waals surface area contributed by atoms with Crippen LogP contribution in [0.3, 0.4) is 0 Å². The Morgan fingerprint density at radius 1 is 1.43 bits per heavy atom. The molecule has 0 unspecified atom stereocenters. The van der Waals surface area contributed by atoms with Crippen LogP contribution in [0.15, 0.2) is 12.3 Å². The fourth-order valence-electron chi connectivity index (χ4n) is 3.27. The van der Waals surface area contributed by atoms with Gasteiger partial charge in [0.25, 0.3) is 6.43 Å². The molecule has 126 valence electrons. The zero-order valence-corrected chi connectivity index (χ0v) is 13.3. The first kappa shape index (κ1) is 16.1. The predicted octanol–water partition coefficient (Wildman–Crippen LogP) is 2.63. The Hall–Kier alpha value is -1.76. The summed E-state index contributed by atoms with van der Waals surface area (Å²) in [6.07, 6.45) is 0.861. The quantitative estimate of drug-likeness (QED) is 0.863. The Labute approximate surface area is 134 Å². The lowest BCUT2D eigenvalue weighted by atomic mass is 9.97. The molecule has 0 aromatic carbocycles. The first-order chi connectivity index (χ1) is 10.9. The van der Waals surface area contributed by atoms with Crippen LogP contribution < -0.4 is 5.32 Å². The van der Waals surface area contributed by atoms with Crippen molar-refractivity contribution in [2.24, 2.45) is 0 Å². The van der Waals surface area contributed by atoms with Crippen molar-refractivity contribution < 1.29 is 18.3 Å². The number of pyridine rings is 1. The van der Waals surface area contributed by atoms with Crippen LogP contribution in [0.1, 0.15) is 42.6 Å². The maximum absolute atomic E-state index is 12.4. The van der Waals surface area contributed by atoms with Crippen LogP contribution in [0.5, 0.6) is 0 Å². The molecule has 0 saturated carbocycles. The van der Waals surface area contributed by atoms with Crippen molar-refractivity contribution in [3.8, 4) is 0 Å². The van der Waals surface area contributed by atoms with Gasteiger partial charge in [0.05, 0.1) is 6.54 Å². The highest BCUT2D eigenvalue weighted by atomic mass is 19.3. The highest BCUT2D eigenvalue weighted by molar-refractivity contribution is 5.99. The zero-order chi connectivity index (χ0) is 16.6. The SMILES string of the molecule is CC1(C)OC(=O)c2c1ccnc2NC1CCN(CC(F)F)CC1. The third kappa shape index (κ3) is 3.29. The van der Waals surface area contributed by atoms with E-state index >= 15 is 0 Å². The molecule has 3 rings (SSSR count). The average molecular weight is 325 g/mol. The van der Waals surface area contributed by atoms with Crippen molar-refractivity contribution in [3.63, 3.8) is 0 Å². The first-order valence-electron chi connectivity index (χ1n) is 7.86. The lowest BCUT2D eigenvalue weighted by Gasteiger charge is -2.32. The average Bonchev–Trinajstić information content (AvgIpc) is 2.71. The fraction of sp³-hybridized carbons (Fsp3) is 0.625. The normalized spacial score (nSPS) is 21.3. The molecule has 2 aliphatic heterocycles. The molecule has 3 heterocycles. The van der Waals surface area contributed by atoms with Crippen molar-refractivity contribution >= 4 is 11.8 Å². The summed E-state index contributed by atoms with van der Waals surface area (Å²) >= 11 is 0. The van der Waals surface area contributed by atoms with Crippen molar-refractivity contribution in [1.29, 1.82) is 0 Å². The van der Waals surface area contributed by atoms with Crippen LogP contribution in [0.4, 0.5) is 14.6 Å². The summed E-state index contributed by atoms with van der Waals surface area (Å²) in [4.78, 5) is 18.2. The summed E-state index contributed by atoms with van der Waals surface area (Å²) < 4.78 is 30.2. The number of hydrogen-bond donors (Lipinski definition) is 1. The number of fused-ring (bicyclic) bond motifs is 1. The molecule has 7 heteroatoms. The predicted molar refractivity (Wildman–Crippen MR) is 81.8 cm³/mol. The van der Waals surface area contributed by atoms with Gasteiger partial charge in [0, 0.05) is 30.9 Å². The molecule has 1 N–H and O–H groups in total. The third-order valence-electron chi connectivity index (χ3n) is 4.48. The number of ether oxygens (including phenoxy) is 1. The van der Waals surface area contributed by atoms with Gasteiger partial charge in [-0.05, 0) is 32.8 Å². The first-order valence-corrected chi connectivity index (χ1v) is 7.86. The largest absolute Gasteiger partial charge is 0.451 e. The molecule has 23 heavy (non-hydrogen) atoms. The van der Waals surface area contributed by atoms with Gasteiger partial charge in [0.15, 0.2) is 0 Å². The van der Waals surface area contributed by atoms with E-state index < -0.39 is 12.0 Å². The number of alkyl halides is 2. The molecule has 0 radical (unpaired) electrons. The number of esters is 1. The number of aromatic nitrogens is 1. The number of halogens is 2. The molecule has 0 spiro atoms. The van der Waals surface area contributed by atoms with E-state index in [1.807, 2.05) is 13.8 Å². The third-order valence-corrected chi connectivity index (χ3v) is 4.48. The highest BCUT2D eigenvalue weighted by Gasteiger charge is 2.40. The Morgan fingerprint density at radius 2 is 2.13 bits per heavy atom. The monoisotopic (exact) mass is 325 g/mol. The molecule has 1 aromatic heterocycles. The van der Waals surface area contributed by atoms with Crippen LogP contribution in [0, 0.1) is 0 Å². The van der Waals surface area contributed by atoms with Gasteiger partial charge in [-0.1, -0.05) is 0 Å². The number of carbonyl (C=O) groups excluding carboxylic acids is 1. The number of nitrogens with one attached hydrogen (secondary N) is 1. The second kappa shape index (κ2) is 6.03. The molecule has 0 atom stereocenters. The molecule has 5 nitrogen and oxygen atoms in total. The number of likely N-dealkylation sites (tertiary alicyclic amines) is 1. The van der Waals surface area contributed by atoms with Crippen molar-refractivity contribution in [3.05, 3.63) is 23.4 Å². The maximum Gasteiger partial charge on any atom is 0.343 e. The summed E-state index contributed by atoms with van der Waals surface area (Å²) in [6, 6.07) is 1.93. The Bertz CT molecular complexity index is 599. The topological polar surface area (TPSA) is 54.5 Å². The standard InChI is InChI=1S/C16H21F2N3O2/c1-16(2)11-3-6-19-14(13(11)15(22)23-16)20-10-4-7-21(8-5-10)9-12(17)18/h3,6,10,12H,4-5,7-9H2,1-2H3,(H,19,20). The van der Waals surface area contributed by atoms with E-state index in [1.54, 1.807) is 17.2 Å². The van der Waals surface area contributed by atoms with E-state index in [1.165, 1.54) is 0 Å². The number of piperidine rings is 1. The summed E-state index contributed by atoms with van der Waals surface area (Å²) in [5.74, 6) is 0.168. The fourth-order valence-corrected chi connectivity index (χ4v) is 3.27. The van der Waals surface area contributed by atoms with Crippen molar-refractivity contribution in [1.82, 2.24) is 9.88 Å². The number of nitrogens with zero attached hydrogens (tertiary/aromatic N) is 2. The van der Waals surface area contributed by atoms with E-state index in [-0.39, 0.29) is 18.6 Å². The lowest BCUT2D eigenvalue weighted by molar-refractivity contribution is 0.00957. The van der Waals surface area contributed by atoms with Crippen LogP contribution in [-0.4, -0.2) is 48.0 Å². The molecule has 0 aliphatic carbocycles. The van der Waals surface area contributed by atoms with Gasteiger partial charge in [-0.2, -0.15) is 0 Å². The molecule has 0 amide bonds. The van der Waals surface area contributed by atoms with Crippen LogP contribution >= 0.6 is 0 Å². The van der Waals surface area contributed by atoms with Gasteiger partial charge < -0.3 is 10.1 Å². The minimum atomic E-state index is -2.30. The number of hydrogen-bond acceptors (Lipinski definition) is 5. The van der Waals surface area contributed by atoms with E-state index in [4.69, 9.17) is 4.74 Å². The number of carbonyl (C=O) groups is 1. The number of rotatable bonds is 4. The van der Waals surface area contributed by atoms with Gasteiger partial charge >= 0.3 is 5.97 Å². The summed E-state index contributed by atoms with van der Waals surface area (Å²) in [7, 11) is 0. The van der Waals surface area contributed by atoms with Crippen LogP contribution in [-0.2, 0) is 10.3 Å². The molecular formula is C16H21F2N3O2. The number of anilines is 1. The highest BCUT2D eigenvalue weighted by Crippen LogP contribution is 2.38. The van der Waals surface area contributed by atoms with E-state index in [2.05, 4.69) is 10.3 Å². The second-order valence-electron chi connectivity index (χ2n) is 6.59. The van der Waals surface area contributed by atoms with Gasteiger partial charge in [-0.15, -0.1) is 0 Å². The van der Waals surface area contributed by atoms with E-state index in [0.29, 0.717) is 24.5 Å². The van der Waals surface area contributed by atoms with Gasteiger partial charge in [-0.25, -0.2) is 18.6 Å². The van der Waals surface area contributed by atoms with Crippen LogP contribution in [0.25, 0.3) is 0 Å². The molecular weight excluding hydrogens is 304 g/mol. The van der Waals surface area contributed by atoms with Crippen LogP contribution in [0.2, 0.25) is 0 Å². The summed E-state index contributed by atoms with van der Waals surface area (Å²) in [5, 5.41) is 3.30. The second-order valence-corrected chi connectivity index (χ2v) is 6.59. The minimum absolute atomic E-state index is 0.124. The van der Waals surface area contributed by atoms with E-state index in [9.17, 15) is 13.6 Å². The smallest absolute Gasteiger partial charge is 0.343 e. The summed E-state index contributed by atoms with van der Waals surface area (Å²) in [6.45, 7) is 4.76. The van der Waals surface area contributed by atoms with Gasteiger partial charge in [0.2, 0.25) is 0 Å². The molecule has 1 saturated heterocycles. The van der Waals surface area contributed by atoms with Gasteiger partial charge in [0.1, 0.15) is 17.0 Å². The molecule has 2 aliphatic rings. The molecule has 1 fully saturated rings. The maximum atomic E-state index is 12.4. The Balaban J connectivity index is 1.69. The van der Waals surface area contributed by atoms with Crippen molar-refractivity contribution in [2.75, 3.05) is 25.0 Å².